The largest absolute Gasteiger partial charge is 0.395 e. The minimum absolute atomic E-state index is 0.0347. The van der Waals surface area contributed by atoms with Gasteiger partial charge in [-0.25, -0.2) is 0 Å². The van der Waals surface area contributed by atoms with Crippen LogP contribution in [0.15, 0.2) is 30.3 Å². The van der Waals surface area contributed by atoms with Gasteiger partial charge in [0.2, 0.25) is 5.91 Å². The van der Waals surface area contributed by atoms with Crippen LogP contribution in [0.2, 0.25) is 0 Å². The maximum Gasteiger partial charge on any atom is 0.234 e. The Hall–Kier alpha value is -1.39. The molecule has 4 nitrogen and oxygen atoms in total. The van der Waals surface area contributed by atoms with Crippen LogP contribution in [0, 0.1) is 5.92 Å². The van der Waals surface area contributed by atoms with Crippen LogP contribution >= 0.6 is 0 Å². The van der Waals surface area contributed by atoms with Gasteiger partial charge in [-0.1, -0.05) is 44.2 Å². The van der Waals surface area contributed by atoms with Crippen LogP contribution in [0.1, 0.15) is 19.4 Å². The number of carbonyl (C=O) groups excluding carboxylic acids is 1. The third kappa shape index (κ3) is 5.29. The lowest BCUT2D eigenvalue weighted by Gasteiger charge is -2.19. The molecule has 0 saturated carbocycles. The Bertz CT molecular complexity index is 352. The van der Waals surface area contributed by atoms with Gasteiger partial charge in [-0.15, -0.1) is 0 Å². The molecule has 4 heteroatoms. The minimum Gasteiger partial charge on any atom is -0.395 e. The number of amides is 1. The average Bonchev–Trinajstić information content (AvgIpc) is 2.38. The number of aliphatic hydroxyl groups excluding tert-OH is 1. The van der Waals surface area contributed by atoms with Gasteiger partial charge in [-0.3, -0.25) is 4.79 Å². The highest BCUT2D eigenvalue weighted by molar-refractivity contribution is 5.78. The topological polar surface area (TPSA) is 61.4 Å². The summed E-state index contributed by atoms with van der Waals surface area (Å²) in [5.74, 6) is 0.245. The maximum atomic E-state index is 11.6. The molecule has 0 radical (unpaired) electrons. The normalized spacial score (nSPS) is 12.4. The fourth-order valence-electron chi connectivity index (χ4n) is 1.59. The summed E-state index contributed by atoms with van der Waals surface area (Å²) in [7, 11) is 0. The number of nitrogens with one attached hydrogen (secondary N) is 2. The summed E-state index contributed by atoms with van der Waals surface area (Å²) in [5, 5.41) is 15.0. The predicted molar refractivity (Wildman–Crippen MR) is 72.0 cm³/mol. The number of aliphatic hydroxyl groups is 1. The summed E-state index contributed by atoms with van der Waals surface area (Å²) in [6, 6.07) is 9.74. The van der Waals surface area contributed by atoms with Crippen molar-refractivity contribution in [2.24, 2.45) is 5.92 Å². The molecule has 0 aliphatic heterocycles. The van der Waals surface area contributed by atoms with Crippen LogP contribution in [0.3, 0.4) is 0 Å². The first-order chi connectivity index (χ1) is 8.63. The van der Waals surface area contributed by atoms with Crippen molar-refractivity contribution in [2.45, 2.75) is 26.4 Å². The van der Waals surface area contributed by atoms with E-state index in [4.69, 9.17) is 5.11 Å². The van der Waals surface area contributed by atoms with Gasteiger partial charge in [0.05, 0.1) is 13.2 Å². The molecule has 0 fully saturated rings. The molecule has 0 aliphatic rings. The van der Waals surface area contributed by atoms with Gasteiger partial charge in [0.15, 0.2) is 0 Å². The summed E-state index contributed by atoms with van der Waals surface area (Å²) in [6.07, 6.45) is 0. The molecule has 0 spiro atoms. The van der Waals surface area contributed by atoms with Crippen LogP contribution in [0.4, 0.5) is 0 Å². The lowest BCUT2D eigenvalue weighted by Crippen LogP contribution is -2.43. The Kier molecular flexibility index (Phi) is 6.39. The molecule has 0 unspecified atom stereocenters. The Morgan fingerprint density at radius 2 is 1.94 bits per heavy atom. The van der Waals surface area contributed by atoms with Crippen molar-refractivity contribution in [3.63, 3.8) is 0 Å². The van der Waals surface area contributed by atoms with Crippen LogP contribution in [0.25, 0.3) is 0 Å². The second-order valence-electron chi connectivity index (χ2n) is 4.68. The van der Waals surface area contributed by atoms with Gasteiger partial charge in [-0.05, 0) is 11.5 Å². The fourth-order valence-corrected chi connectivity index (χ4v) is 1.59. The van der Waals surface area contributed by atoms with E-state index in [-0.39, 0.29) is 25.1 Å². The van der Waals surface area contributed by atoms with Gasteiger partial charge in [0.1, 0.15) is 0 Å². The molecule has 1 aromatic rings. The molecule has 100 valence electrons. The molecule has 0 aromatic heterocycles. The summed E-state index contributed by atoms with van der Waals surface area (Å²) in [4.78, 5) is 11.6. The molecular formula is C14H22N2O2. The second kappa shape index (κ2) is 7.84. The molecule has 3 N–H and O–H groups in total. The van der Waals surface area contributed by atoms with Crippen molar-refractivity contribution in [1.82, 2.24) is 10.6 Å². The highest BCUT2D eigenvalue weighted by atomic mass is 16.3. The number of carbonyl (C=O) groups is 1. The van der Waals surface area contributed by atoms with Gasteiger partial charge >= 0.3 is 0 Å². The molecule has 0 bridgehead atoms. The number of hydrogen-bond acceptors (Lipinski definition) is 3. The summed E-state index contributed by atoms with van der Waals surface area (Å²) in [6.45, 7) is 4.83. The quantitative estimate of drug-likeness (QED) is 0.674. The van der Waals surface area contributed by atoms with Gasteiger partial charge < -0.3 is 15.7 Å². The lowest BCUT2D eigenvalue weighted by molar-refractivity contribution is -0.120. The smallest absolute Gasteiger partial charge is 0.234 e. The molecule has 1 atom stereocenters. The molecule has 1 aromatic carbocycles. The van der Waals surface area contributed by atoms with Crippen molar-refractivity contribution in [2.75, 3.05) is 13.2 Å². The maximum absolute atomic E-state index is 11.6. The lowest BCUT2D eigenvalue weighted by atomic mass is 10.1. The molecule has 0 heterocycles. The van der Waals surface area contributed by atoms with E-state index in [9.17, 15) is 4.79 Å². The van der Waals surface area contributed by atoms with Gasteiger partial charge in [-0.2, -0.15) is 0 Å². The van der Waals surface area contributed by atoms with Gasteiger partial charge in [0, 0.05) is 12.6 Å². The number of hydrogen-bond donors (Lipinski definition) is 3. The first kappa shape index (κ1) is 14.7. The highest BCUT2D eigenvalue weighted by Gasteiger charge is 2.12. The van der Waals surface area contributed by atoms with Crippen molar-refractivity contribution in [1.29, 1.82) is 0 Å². The number of benzene rings is 1. The Morgan fingerprint density at radius 1 is 1.28 bits per heavy atom. The highest BCUT2D eigenvalue weighted by Crippen LogP contribution is 2.00. The Morgan fingerprint density at radius 3 is 2.50 bits per heavy atom. The van der Waals surface area contributed by atoms with E-state index in [1.807, 2.05) is 44.2 Å². The molecule has 1 rings (SSSR count). The van der Waals surface area contributed by atoms with E-state index in [1.54, 1.807) is 0 Å². The minimum atomic E-state index is -0.0575. The summed E-state index contributed by atoms with van der Waals surface area (Å²) < 4.78 is 0. The van der Waals surface area contributed by atoms with E-state index in [0.29, 0.717) is 12.5 Å². The van der Waals surface area contributed by atoms with Crippen LogP contribution in [0.5, 0.6) is 0 Å². The van der Waals surface area contributed by atoms with E-state index in [0.717, 1.165) is 5.56 Å². The van der Waals surface area contributed by atoms with Gasteiger partial charge in [0.25, 0.3) is 0 Å². The van der Waals surface area contributed by atoms with Crippen molar-refractivity contribution in [3.05, 3.63) is 35.9 Å². The van der Waals surface area contributed by atoms with Crippen LogP contribution in [-0.4, -0.2) is 30.2 Å². The first-order valence-corrected chi connectivity index (χ1v) is 6.28. The first-order valence-electron chi connectivity index (χ1n) is 6.28. The second-order valence-corrected chi connectivity index (χ2v) is 4.68. The Labute approximate surface area is 108 Å². The fraction of sp³-hybridized carbons (Fsp3) is 0.500. The zero-order valence-electron chi connectivity index (χ0n) is 11.0. The van der Waals surface area contributed by atoms with E-state index in [2.05, 4.69) is 10.6 Å². The molecule has 0 aliphatic carbocycles. The van der Waals surface area contributed by atoms with Crippen molar-refractivity contribution >= 4 is 5.91 Å². The number of rotatable bonds is 7. The molecular weight excluding hydrogens is 228 g/mol. The van der Waals surface area contributed by atoms with Crippen LogP contribution < -0.4 is 10.6 Å². The summed E-state index contributed by atoms with van der Waals surface area (Å²) >= 11 is 0. The van der Waals surface area contributed by atoms with E-state index in [1.165, 1.54) is 0 Å². The average molecular weight is 250 g/mol. The monoisotopic (exact) mass is 250 g/mol. The molecule has 0 saturated heterocycles. The summed E-state index contributed by atoms with van der Waals surface area (Å²) in [5.41, 5.74) is 1.08. The molecule has 1 amide bonds. The third-order valence-electron chi connectivity index (χ3n) is 2.86. The predicted octanol–water partition coefficient (Wildman–Crippen LogP) is 0.909. The van der Waals surface area contributed by atoms with E-state index < -0.39 is 0 Å². The molecule has 18 heavy (non-hydrogen) atoms. The van der Waals surface area contributed by atoms with E-state index >= 15 is 0 Å². The third-order valence-corrected chi connectivity index (χ3v) is 2.86. The standard InChI is InChI=1S/C14H22N2O2/c1-11(2)13(10-17)15-9-14(18)16-8-12-6-4-3-5-7-12/h3-7,11,13,15,17H,8-10H2,1-2H3,(H,16,18)/t13-/m1/s1. The van der Waals surface area contributed by atoms with Crippen LogP contribution in [-0.2, 0) is 11.3 Å². The zero-order chi connectivity index (χ0) is 13.4. The Balaban J connectivity index is 2.26. The SMILES string of the molecule is CC(C)[C@@H](CO)NCC(=O)NCc1ccccc1. The zero-order valence-corrected chi connectivity index (χ0v) is 11.0. The van der Waals surface area contributed by atoms with Crippen molar-refractivity contribution in [3.8, 4) is 0 Å². The van der Waals surface area contributed by atoms with Crippen molar-refractivity contribution < 1.29 is 9.90 Å².